The summed E-state index contributed by atoms with van der Waals surface area (Å²) in [5, 5.41) is 10.3. The summed E-state index contributed by atoms with van der Waals surface area (Å²) in [5.74, 6) is -1.19. The van der Waals surface area contributed by atoms with Crippen molar-refractivity contribution in [2.45, 2.75) is 12.5 Å². The van der Waals surface area contributed by atoms with Crippen LogP contribution in [0.2, 0.25) is 0 Å². The molecule has 1 aliphatic rings. The molecule has 126 valence electrons. The molecule has 0 saturated carbocycles. The van der Waals surface area contributed by atoms with Crippen molar-refractivity contribution in [1.29, 1.82) is 0 Å². The zero-order chi connectivity index (χ0) is 17.2. The lowest BCUT2D eigenvalue weighted by Gasteiger charge is -2.23. The third kappa shape index (κ3) is 3.41. The molecule has 1 aliphatic heterocycles. The summed E-state index contributed by atoms with van der Waals surface area (Å²) >= 11 is 3.26. The van der Waals surface area contributed by atoms with Crippen LogP contribution in [-0.4, -0.2) is 5.71 Å². The van der Waals surface area contributed by atoms with Gasteiger partial charge in [-0.15, -0.1) is 22.7 Å². The average molecular weight is 372 g/mol. The molecule has 2 nitrogen and oxygen atoms in total. The highest BCUT2D eigenvalue weighted by Crippen LogP contribution is 2.38. The van der Waals surface area contributed by atoms with Crippen molar-refractivity contribution in [2.24, 2.45) is 5.10 Å². The second-order valence-electron chi connectivity index (χ2n) is 5.62. The summed E-state index contributed by atoms with van der Waals surface area (Å²) in [5.41, 5.74) is 1.16. The number of anilines is 1. The molecule has 0 amide bonds. The first-order valence-electron chi connectivity index (χ1n) is 7.77. The molecule has 1 atom stereocenters. The van der Waals surface area contributed by atoms with Crippen LogP contribution in [0.4, 0.5) is 14.5 Å². The number of halogens is 2. The van der Waals surface area contributed by atoms with Crippen molar-refractivity contribution in [3.05, 3.63) is 80.7 Å². The Kier molecular flexibility index (Phi) is 4.46. The van der Waals surface area contributed by atoms with Gasteiger partial charge in [0.25, 0.3) is 0 Å². The minimum absolute atomic E-state index is 0.0806. The maximum atomic E-state index is 14.3. The summed E-state index contributed by atoms with van der Waals surface area (Å²) < 4.78 is 27.5. The molecule has 1 aromatic carbocycles. The van der Waals surface area contributed by atoms with Gasteiger partial charge in [0.05, 0.1) is 17.4 Å². The van der Waals surface area contributed by atoms with E-state index in [0.717, 1.165) is 21.5 Å². The molecule has 0 aliphatic carbocycles. The smallest absolute Gasteiger partial charge is 0.151 e. The highest BCUT2D eigenvalue weighted by molar-refractivity contribution is 7.10. The fraction of sp³-hybridized carbons (Fsp3) is 0.105. The van der Waals surface area contributed by atoms with Gasteiger partial charge in [-0.1, -0.05) is 12.1 Å². The van der Waals surface area contributed by atoms with Crippen molar-refractivity contribution in [3.8, 4) is 0 Å². The molecule has 0 radical (unpaired) electrons. The van der Waals surface area contributed by atoms with Gasteiger partial charge in [0.1, 0.15) is 5.82 Å². The maximum Gasteiger partial charge on any atom is 0.151 e. The molecule has 6 heteroatoms. The molecule has 0 fully saturated rings. The summed E-state index contributed by atoms with van der Waals surface area (Å²) in [6.07, 6.45) is 4.66. The molecule has 3 heterocycles. The summed E-state index contributed by atoms with van der Waals surface area (Å²) in [6, 6.07) is 11.5. The van der Waals surface area contributed by atoms with Gasteiger partial charge in [-0.25, -0.2) is 8.78 Å². The molecule has 0 spiro atoms. The van der Waals surface area contributed by atoms with Crippen LogP contribution in [0.3, 0.4) is 0 Å². The maximum absolute atomic E-state index is 14.3. The number of allylic oxidation sites excluding steroid dienone is 1. The van der Waals surface area contributed by atoms with Crippen molar-refractivity contribution >= 4 is 40.1 Å². The number of thiophene rings is 2. The van der Waals surface area contributed by atoms with Gasteiger partial charge >= 0.3 is 0 Å². The van der Waals surface area contributed by atoms with E-state index in [0.29, 0.717) is 12.1 Å². The zero-order valence-corrected chi connectivity index (χ0v) is 14.7. The van der Waals surface area contributed by atoms with Crippen molar-refractivity contribution < 1.29 is 8.78 Å². The molecule has 0 bridgehead atoms. The Morgan fingerprint density at radius 2 is 1.88 bits per heavy atom. The van der Waals surface area contributed by atoms with Crippen molar-refractivity contribution in [3.63, 3.8) is 0 Å². The standard InChI is InChI=1S/C19H14F2N2S2/c20-13-5-8-17(16(21)11-13)23-18(19-4-2-10-25-19)12-14(22-23)6-7-15-3-1-9-24-15/h1-11,18H,12H2/t18-/m1/s1. The van der Waals surface area contributed by atoms with Crippen LogP contribution >= 0.6 is 22.7 Å². The van der Waals surface area contributed by atoms with E-state index < -0.39 is 11.6 Å². The number of hydrogen-bond donors (Lipinski definition) is 0. The predicted molar refractivity (Wildman–Crippen MR) is 101 cm³/mol. The van der Waals surface area contributed by atoms with Gasteiger partial charge in [-0.3, -0.25) is 5.01 Å². The van der Waals surface area contributed by atoms with Crippen LogP contribution in [0.5, 0.6) is 0 Å². The fourth-order valence-corrected chi connectivity index (χ4v) is 4.22. The van der Waals surface area contributed by atoms with E-state index in [4.69, 9.17) is 0 Å². The second kappa shape index (κ2) is 6.90. The summed E-state index contributed by atoms with van der Waals surface area (Å²) in [6.45, 7) is 0. The van der Waals surface area contributed by atoms with Crippen molar-refractivity contribution in [1.82, 2.24) is 0 Å². The van der Waals surface area contributed by atoms with Crippen LogP contribution in [0.25, 0.3) is 6.08 Å². The number of hydrazone groups is 1. The number of nitrogens with zero attached hydrogens (tertiary/aromatic N) is 2. The van der Waals surface area contributed by atoms with Crippen LogP contribution in [-0.2, 0) is 0 Å². The third-order valence-corrected chi connectivity index (χ3v) is 5.76. The van der Waals surface area contributed by atoms with E-state index in [2.05, 4.69) is 5.10 Å². The predicted octanol–water partition coefficient (Wildman–Crippen LogP) is 6.11. The molecule has 0 unspecified atom stereocenters. The Morgan fingerprint density at radius 3 is 2.60 bits per heavy atom. The summed E-state index contributed by atoms with van der Waals surface area (Å²) in [7, 11) is 0. The van der Waals surface area contributed by atoms with E-state index in [1.807, 2.05) is 47.2 Å². The lowest BCUT2D eigenvalue weighted by molar-refractivity contribution is 0.574. The van der Waals surface area contributed by atoms with E-state index in [1.165, 1.54) is 12.1 Å². The largest absolute Gasteiger partial charge is 0.254 e. The van der Waals surface area contributed by atoms with Gasteiger partial charge in [-0.2, -0.15) is 5.10 Å². The highest BCUT2D eigenvalue weighted by Gasteiger charge is 2.30. The Balaban J connectivity index is 1.68. The monoisotopic (exact) mass is 372 g/mol. The minimum atomic E-state index is -0.603. The van der Waals surface area contributed by atoms with Gasteiger partial charge in [0.15, 0.2) is 5.82 Å². The fourth-order valence-electron chi connectivity index (χ4n) is 2.79. The van der Waals surface area contributed by atoms with Gasteiger partial charge in [0, 0.05) is 22.2 Å². The Bertz CT molecular complexity index is 915. The second-order valence-corrected chi connectivity index (χ2v) is 7.57. The lowest BCUT2D eigenvalue weighted by Crippen LogP contribution is -2.18. The average Bonchev–Trinajstić information content (AvgIpc) is 3.34. The van der Waals surface area contributed by atoms with E-state index >= 15 is 0 Å². The van der Waals surface area contributed by atoms with E-state index in [9.17, 15) is 8.78 Å². The number of benzene rings is 1. The molecule has 25 heavy (non-hydrogen) atoms. The molecular formula is C19H14F2N2S2. The summed E-state index contributed by atoms with van der Waals surface area (Å²) in [4.78, 5) is 2.24. The Hall–Kier alpha value is -2.31. The first-order valence-corrected chi connectivity index (χ1v) is 9.53. The van der Waals surface area contributed by atoms with Crippen LogP contribution in [0, 0.1) is 11.6 Å². The molecule has 0 N–H and O–H groups in total. The van der Waals surface area contributed by atoms with Gasteiger partial charge in [-0.05, 0) is 47.2 Å². The third-order valence-electron chi connectivity index (χ3n) is 3.95. The Labute approximate surface area is 152 Å². The molecule has 2 aromatic heterocycles. The molecule has 4 rings (SSSR count). The van der Waals surface area contributed by atoms with E-state index in [-0.39, 0.29) is 6.04 Å². The lowest BCUT2D eigenvalue weighted by atomic mass is 10.1. The zero-order valence-electron chi connectivity index (χ0n) is 13.1. The quantitative estimate of drug-likeness (QED) is 0.539. The van der Waals surface area contributed by atoms with Crippen molar-refractivity contribution in [2.75, 3.05) is 5.01 Å². The topological polar surface area (TPSA) is 15.6 Å². The first kappa shape index (κ1) is 16.2. The van der Waals surface area contributed by atoms with Gasteiger partial charge < -0.3 is 0 Å². The van der Waals surface area contributed by atoms with Crippen LogP contribution in [0.15, 0.2) is 64.4 Å². The van der Waals surface area contributed by atoms with Crippen LogP contribution < -0.4 is 5.01 Å². The van der Waals surface area contributed by atoms with Gasteiger partial charge in [0.2, 0.25) is 0 Å². The molecule has 0 saturated heterocycles. The SMILES string of the molecule is Fc1ccc(N2N=C(C=Cc3cccs3)C[C@@H]2c2cccs2)c(F)c1. The number of hydrogen-bond acceptors (Lipinski definition) is 4. The number of rotatable bonds is 4. The van der Waals surface area contributed by atoms with Crippen LogP contribution in [0.1, 0.15) is 22.2 Å². The highest BCUT2D eigenvalue weighted by atomic mass is 32.1. The van der Waals surface area contributed by atoms with E-state index in [1.54, 1.807) is 27.7 Å². The molecular weight excluding hydrogens is 358 g/mol. The Morgan fingerprint density at radius 1 is 1.04 bits per heavy atom. The first-order chi connectivity index (χ1) is 12.2. The molecule has 3 aromatic rings. The normalized spacial score (nSPS) is 17.4. The minimum Gasteiger partial charge on any atom is -0.254 e.